The van der Waals surface area contributed by atoms with Crippen molar-refractivity contribution in [3.8, 4) is 0 Å². The fourth-order valence-corrected chi connectivity index (χ4v) is 2.69. The van der Waals surface area contributed by atoms with Crippen LogP contribution in [0.3, 0.4) is 0 Å². The molecule has 2 unspecified atom stereocenters. The number of rotatable bonds is 6. The number of hydrogen-bond donors (Lipinski definition) is 1. The second-order valence-corrected chi connectivity index (χ2v) is 5.15. The predicted molar refractivity (Wildman–Crippen MR) is 63.8 cm³/mol. The minimum atomic E-state index is -4.29. The molecule has 0 aromatic heterocycles. The summed E-state index contributed by atoms with van der Waals surface area (Å²) < 4.78 is 40.1. The quantitative estimate of drug-likeness (QED) is 0.598. The molecule has 0 heterocycles. The molecule has 2 atom stereocenters. The van der Waals surface area contributed by atoms with E-state index in [1.165, 1.54) is 0 Å². The first kappa shape index (κ1) is 16.3. The Bertz CT molecular complexity index is 279. The first-order valence-corrected chi connectivity index (χ1v) is 6.77. The van der Waals surface area contributed by atoms with Crippen molar-refractivity contribution in [1.82, 2.24) is 0 Å². The van der Waals surface area contributed by atoms with Crippen LogP contribution in [0.1, 0.15) is 44.9 Å². The number of carboxylic acid groups (broad SMARTS) is 1. The molecule has 0 radical (unpaired) electrons. The average molecular weight is 282 g/mol. The van der Waals surface area contributed by atoms with Gasteiger partial charge in [-0.1, -0.05) is 19.3 Å². The third-order valence-electron chi connectivity index (χ3n) is 3.61. The number of carbonyl (C=O) groups is 1. The zero-order chi connectivity index (χ0) is 14.3. The van der Waals surface area contributed by atoms with E-state index in [0.29, 0.717) is 19.3 Å². The zero-order valence-corrected chi connectivity index (χ0v) is 10.9. The zero-order valence-electron chi connectivity index (χ0n) is 10.9. The molecule has 1 aliphatic rings. The number of hydrogen-bond acceptors (Lipinski definition) is 2. The van der Waals surface area contributed by atoms with Gasteiger partial charge in [0, 0.05) is 6.61 Å². The van der Waals surface area contributed by atoms with Gasteiger partial charge in [-0.15, -0.1) is 0 Å². The van der Waals surface area contributed by atoms with Gasteiger partial charge in [-0.05, 0) is 31.6 Å². The van der Waals surface area contributed by atoms with Crippen LogP contribution in [0, 0.1) is 11.8 Å². The van der Waals surface area contributed by atoms with Gasteiger partial charge in [0.05, 0.1) is 5.92 Å². The van der Waals surface area contributed by atoms with Gasteiger partial charge in [-0.3, -0.25) is 4.79 Å². The largest absolute Gasteiger partial charge is 0.481 e. The summed E-state index contributed by atoms with van der Waals surface area (Å²) in [5.74, 6) is -1.04. The Morgan fingerprint density at radius 2 is 1.89 bits per heavy atom. The van der Waals surface area contributed by atoms with Crippen LogP contribution in [0.4, 0.5) is 13.2 Å². The van der Waals surface area contributed by atoms with Crippen LogP contribution in [0.25, 0.3) is 0 Å². The molecule has 1 N–H and O–H groups in total. The first-order chi connectivity index (χ1) is 8.90. The summed E-state index contributed by atoms with van der Waals surface area (Å²) in [7, 11) is 0. The summed E-state index contributed by atoms with van der Waals surface area (Å²) in [6, 6.07) is 0. The number of ether oxygens (including phenoxy) is 1. The Morgan fingerprint density at radius 3 is 2.53 bits per heavy atom. The lowest BCUT2D eigenvalue weighted by Gasteiger charge is -2.21. The van der Waals surface area contributed by atoms with Gasteiger partial charge in [0.1, 0.15) is 6.61 Å². The molecule has 1 fully saturated rings. The molecule has 6 heteroatoms. The maximum atomic E-state index is 11.9. The van der Waals surface area contributed by atoms with Crippen LogP contribution >= 0.6 is 0 Å². The fraction of sp³-hybridized carbons (Fsp3) is 0.923. The molecule has 0 spiro atoms. The molecule has 0 aromatic carbocycles. The smallest absolute Gasteiger partial charge is 0.411 e. The first-order valence-electron chi connectivity index (χ1n) is 6.77. The lowest BCUT2D eigenvalue weighted by atomic mass is 9.84. The van der Waals surface area contributed by atoms with Crippen molar-refractivity contribution in [3.05, 3.63) is 0 Å². The second kappa shape index (κ2) is 7.72. The van der Waals surface area contributed by atoms with Gasteiger partial charge in [-0.2, -0.15) is 13.2 Å². The van der Waals surface area contributed by atoms with E-state index >= 15 is 0 Å². The lowest BCUT2D eigenvalue weighted by Crippen LogP contribution is -2.23. The summed E-state index contributed by atoms with van der Waals surface area (Å²) in [5, 5.41) is 9.16. The van der Waals surface area contributed by atoms with Crippen molar-refractivity contribution in [1.29, 1.82) is 0 Å². The van der Waals surface area contributed by atoms with Gasteiger partial charge in [-0.25, -0.2) is 0 Å². The van der Waals surface area contributed by atoms with Gasteiger partial charge >= 0.3 is 12.1 Å². The highest BCUT2D eigenvalue weighted by atomic mass is 19.4. The Balaban J connectivity index is 2.27. The fourth-order valence-electron chi connectivity index (χ4n) is 2.69. The summed E-state index contributed by atoms with van der Waals surface area (Å²) in [5.41, 5.74) is 0. The van der Waals surface area contributed by atoms with E-state index in [2.05, 4.69) is 4.74 Å². The molecule has 0 amide bonds. The number of halogens is 3. The molecule has 0 aliphatic heterocycles. The van der Waals surface area contributed by atoms with E-state index in [4.69, 9.17) is 5.11 Å². The second-order valence-electron chi connectivity index (χ2n) is 5.15. The minimum Gasteiger partial charge on any atom is -0.481 e. The molecule has 0 aromatic rings. The normalized spacial score (nSPS) is 25.0. The van der Waals surface area contributed by atoms with Crippen molar-refractivity contribution in [2.45, 2.75) is 51.1 Å². The molecule has 1 aliphatic carbocycles. The number of aliphatic carboxylic acids is 1. The van der Waals surface area contributed by atoms with Crippen molar-refractivity contribution in [3.63, 3.8) is 0 Å². The molecule has 1 rings (SSSR count). The highest BCUT2D eigenvalue weighted by Crippen LogP contribution is 2.32. The maximum Gasteiger partial charge on any atom is 0.411 e. The van der Waals surface area contributed by atoms with E-state index in [-0.39, 0.29) is 18.4 Å². The summed E-state index contributed by atoms with van der Waals surface area (Å²) in [4.78, 5) is 11.2. The van der Waals surface area contributed by atoms with Gasteiger partial charge in [0.15, 0.2) is 0 Å². The molecule has 112 valence electrons. The molecule has 1 saturated carbocycles. The van der Waals surface area contributed by atoms with Crippen LogP contribution in [-0.4, -0.2) is 30.5 Å². The highest BCUT2D eigenvalue weighted by molar-refractivity contribution is 5.70. The Morgan fingerprint density at radius 1 is 1.21 bits per heavy atom. The molecule has 3 nitrogen and oxygen atoms in total. The van der Waals surface area contributed by atoms with E-state index in [0.717, 1.165) is 25.7 Å². The third-order valence-corrected chi connectivity index (χ3v) is 3.61. The van der Waals surface area contributed by atoms with Crippen molar-refractivity contribution in [2.75, 3.05) is 13.2 Å². The summed E-state index contributed by atoms with van der Waals surface area (Å²) >= 11 is 0. The standard InChI is InChI=1S/C13H21F3O3/c14-13(15,16)9-19-8-4-6-10-5-2-1-3-7-11(10)12(17)18/h10-11H,1-9H2,(H,17,18). The van der Waals surface area contributed by atoms with Crippen LogP contribution in [0.15, 0.2) is 0 Å². The van der Waals surface area contributed by atoms with Gasteiger partial charge in [0.25, 0.3) is 0 Å². The minimum absolute atomic E-state index is 0.0440. The summed E-state index contributed by atoms with van der Waals surface area (Å²) in [6.07, 6.45) is 1.37. The van der Waals surface area contributed by atoms with Gasteiger partial charge in [0.2, 0.25) is 0 Å². The molecule has 0 saturated heterocycles. The molecular formula is C13H21F3O3. The van der Waals surface area contributed by atoms with Crippen molar-refractivity contribution >= 4 is 5.97 Å². The molecular weight excluding hydrogens is 261 g/mol. The van der Waals surface area contributed by atoms with E-state index in [1.807, 2.05) is 0 Å². The average Bonchev–Trinajstić information content (AvgIpc) is 2.52. The van der Waals surface area contributed by atoms with E-state index in [1.54, 1.807) is 0 Å². The molecule has 19 heavy (non-hydrogen) atoms. The van der Waals surface area contributed by atoms with Crippen molar-refractivity contribution in [2.24, 2.45) is 11.8 Å². The Hall–Kier alpha value is -0.780. The van der Waals surface area contributed by atoms with Crippen LogP contribution in [0.5, 0.6) is 0 Å². The molecule has 0 bridgehead atoms. The van der Waals surface area contributed by atoms with Crippen LogP contribution in [-0.2, 0) is 9.53 Å². The van der Waals surface area contributed by atoms with Crippen LogP contribution in [0.2, 0.25) is 0 Å². The number of alkyl halides is 3. The summed E-state index contributed by atoms with van der Waals surface area (Å²) in [6.45, 7) is -1.18. The monoisotopic (exact) mass is 282 g/mol. The lowest BCUT2D eigenvalue weighted by molar-refractivity contribution is -0.174. The van der Waals surface area contributed by atoms with E-state index < -0.39 is 18.8 Å². The predicted octanol–water partition coefficient (Wildman–Crippen LogP) is 3.63. The van der Waals surface area contributed by atoms with E-state index in [9.17, 15) is 18.0 Å². The SMILES string of the molecule is O=C(O)C1CCCCCC1CCCOCC(F)(F)F. The Labute approximate surface area is 111 Å². The third kappa shape index (κ3) is 6.80. The maximum absolute atomic E-state index is 11.9. The highest BCUT2D eigenvalue weighted by Gasteiger charge is 2.29. The number of carboxylic acids is 1. The van der Waals surface area contributed by atoms with Crippen LogP contribution < -0.4 is 0 Å². The topological polar surface area (TPSA) is 46.5 Å². The van der Waals surface area contributed by atoms with Gasteiger partial charge < -0.3 is 9.84 Å². The Kier molecular flexibility index (Phi) is 6.62. The van der Waals surface area contributed by atoms with Crippen molar-refractivity contribution < 1.29 is 27.8 Å².